The Kier molecular flexibility index (Phi) is 5.80. The van der Waals surface area contributed by atoms with E-state index in [0.717, 1.165) is 86.9 Å². The highest BCUT2D eigenvalue weighted by molar-refractivity contribution is 5.95. The molecule has 8 nitrogen and oxygen atoms in total. The third-order valence-corrected chi connectivity index (χ3v) is 6.52. The van der Waals surface area contributed by atoms with Crippen molar-refractivity contribution in [3.05, 3.63) is 47.4 Å². The van der Waals surface area contributed by atoms with E-state index in [1.54, 1.807) is 0 Å². The quantitative estimate of drug-likeness (QED) is 0.529. The van der Waals surface area contributed by atoms with Crippen LogP contribution in [0.25, 0.3) is 16.9 Å². The number of morpholine rings is 1. The highest BCUT2D eigenvalue weighted by atomic mass is 16.5. The molecule has 0 radical (unpaired) electrons. The first-order valence-corrected chi connectivity index (χ1v) is 11.4. The van der Waals surface area contributed by atoms with E-state index in [2.05, 4.69) is 19.6 Å². The lowest BCUT2D eigenvalue weighted by molar-refractivity contribution is 0.0378. The fourth-order valence-electron chi connectivity index (χ4n) is 4.69. The van der Waals surface area contributed by atoms with Gasteiger partial charge in [0, 0.05) is 43.2 Å². The molecule has 1 amide bonds. The molecule has 32 heavy (non-hydrogen) atoms. The Balaban J connectivity index is 1.39. The predicted octanol–water partition coefficient (Wildman–Crippen LogP) is 2.82. The summed E-state index contributed by atoms with van der Waals surface area (Å²) >= 11 is 0. The summed E-state index contributed by atoms with van der Waals surface area (Å²) in [6.45, 7) is 7.57. The molecule has 2 aromatic heterocycles. The summed E-state index contributed by atoms with van der Waals surface area (Å²) in [5.41, 5.74) is 11.4. The third kappa shape index (κ3) is 4.08. The van der Waals surface area contributed by atoms with E-state index in [1.807, 2.05) is 37.6 Å². The zero-order valence-corrected chi connectivity index (χ0v) is 18.5. The summed E-state index contributed by atoms with van der Waals surface area (Å²) in [6, 6.07) is 3.85. The Morgan fingerprint density at radius 2 is 2.06 bits per heavy atom. The van der Waals surface area contributed by atoms with Gasteiger partial charge in [-0.25, -0.2) is 9.97 Å². The highest BCUT2D eigenvalue weighted by Gasteiger charge is 2.30. The zero-order chi connectivity index (χ0) is 22.1. The molecule has 1 saturated carbocycles. The van der Waals surface area contributed by atoms with Crippen molar-refractivity contribution in [2.24, 2.45) is 5.73 Å². The molecule has 5 rings (SSSR count). The lowest BCUT2D eigenvalue weighted by atomic mass is 9.92. The number of nitrogens with one attached hydrogen (secondary N) is 1. The lowest BCUT2D eigenvalue weighted by Gasteiger charge is -2.26. The van der Waals surface area contributed by atoms with Gasteiger partial charge < -0.3 is 15.8 Å². The molecule has 0 spiro atoms. The largest absolute Gasteiger partial charge is 0.379 e. The maximum absolute atomic E-state index is 11.9. The molecular formula is C24H30N6O2. The SMILES string of the molecule is Cc1c(C(N)=O)ccc(-c2cnc3c(NCCCN4CCOCC4)nccn23)c1C1CC1. The molecule has 3 heterocycles. The first-order chi connectivity index (χ1) is 15.6. The van der Waals surface area contributed by atoms with Gasteiger partial charge in [0.25, 0.3) is 0 Å². The van der Waals surface area contributed by atoms with Crippen molar-refractivity contribution in [3.63, 3.8) is 0 Å². The number of hydrogen-bond donors (Lipinski definition) is 2. The van der Waals surface area contributed by atoms with Crippen LogP contribution in [0.15, 0.2) is 30.7 Å². The minimum absolute atomic E-state index is 0.373. The Labute approximate surface area is 187 Å². The Morgan fingerprint density at radius 3 is 2.81 bits per heavy atom. The number of imidazole rings is 1. The molecule has 1 aliphatic carbocycles. The van der Waals surface area contributed by atoms with Gasteiger partial charge in [-0.2, -0.15) is 0 Å². The Hall–Kier alpha value is -2.97. The summed E-state index contributed by atoms with van der Waals surface area (Å²) in [5, 5.41) is 3.46. The number of rotatable bonds is 8. The van der Waals surface area contributed by atoms with Gasteiger partial charge >= 0.3 is 0 Å². The van der Waals surface area contributed by atoms with Gasteiger partial charge in [-0.1, -0.05) is 6.07 Å². The number of aromatic nitrogens is 3. The minimum atomic E-state index is -0.373. The molecule has 8 heteroatoms. The van der Waals surface area contributed by atoms with Crippen LogP contribution in [-0.4, -0.2) is 64.6 Å². The molecule has 2 aliphatic rings. The monoisotopic (exact) mass is 434 g/mol. The number of fused-ring (bicyclic) bond motifs is 1. The van der Waals surface area contributed by atoms with Gasteiger partial charge in [-0.15, -0.1) is 0 Å². The van der Waals surface area contributed by atoms with Crippen LogP contribution in [-0.2, 0) is 4.74 Å². The number of anilines is 1. The van der Waals surface area contributed by atoms with Gasteiger partial charge in [0.2, 0.25) is 5.91 Å². The molecule has 0 unspecified atom stereocenters. The number of hydrogen-bond acceptors (Lipinski definition) is 6. The number of nitrogens with zero attached hydrogens (tertiary/aromatic N) is 4. The highest BCUT2D eigenvalue weighted by Crippen LogP contribution is 2.46. The van der Waals surface area contributed by atoms with Gasteiger partial charge in [-0.05, 0) is 55.8 Å². The topological polar surface area (TPSA) is 97.8 Å². The van der Waals surface area contributed by atoms with Crippen LogP contribution in [0.4, 0.5) is 5.82 Å². The van der Waals surface area contributed by atoms with Crippen molar-refractivity contribution in [3.8, 4) is 11.3 Å². The standard InChI is InChI=1S/C24H30N6O2/c1-16-18(22(25)31)5-6-19(21(16)17-3-4-17)20-15-28-24-23(27-8-10-30(20)24)26-7-2-9-29-11-13-32-14-12-29/h5-6,8,10,15,17H,2-4,7,9,11-14H2,1H3,(H2,25,31)(H,26,27). The number of carbonyl (C=O) groups is 1. The number of ether oxygens (including phenoxy) is 1. The molecule has 0 atom stereocenters. The van der Waals surface area contributed by atoms with Crippen molar-refractivity contribution in [2.45, 2.75) is 32.1 Å². The van der Waals surface area contributed by atoms with Crippen molar-refractivity contribution in [2.75, 3.05) is 44.7 Å². The summed E-state index contributed by atoms with van der Waals surface area (Å²) in [5.74, 6) is 0.899. The smallest absolute Gasteiger partial charge is 0.248 e. The second-order valence-corrected chi connectivity index (χ2v) is 8.69. The van der Waals surface area contributed by atoms with Crippen molar-refractivity contribution in [1.29, 1.82) is 0 Å². The van der Waals surface area contributed by atoms with E-state index in [4.69, 9.17) is 15.5 Å². The molecule has 3 aromatic rings. The summed E-state index contributed by atoms with van der Waals surface area (Å²) in [4.78, 5) is 23.5. The van der Waals surface area contributed by atoms with Gasteiger partial charge in [0.1, 0.15) is 0 Å². The molecule has 0 bridgehead atoms. The molecule has 1 aromatic carbocycles. The second-order valence-electron chi connectivity index (χ2n) is 8.69. The van der Waals surface area contributed by atoms with Gasteiger partial charge in [0.15, 0.2) is 11.5 Å². The van der Waals surface area contributed by atoms with Crippen molar-refractivity contribution < 1.29 is 9.53 Å². The van der Waals surface area contributed by atoms with Gasteiger partial charge in [0.05, 0.1) is 25.1 Å². The maximum atomic E-state index is 11.9. The molecule has 168 valence electrons. The van der Waals surface area contributed by atoms with Crippen LogP contribution in [0, 0.1) is 6.92 Å². The van der Waals surface area contributed by atoms with E-state index < -0.39 is 0 Å². The van der Waals surface area contributed by atoms with E-state index in [9.17, 15) is 4.79 Å². The number of amides is 1. The van der Waals surface area contributed by atoms with E-state index in [-0.39, 0.29) is 5.91 Å². The molecule has 3 N–H and O–H groups in total. The number of nitrogens with two attached hydrogens (primary N) is 1. The van der Waals surface area contributed by atoms with E-state index >= 15 is 0 Å². The average molecular weight is 435 g/mol. The second kappa shape index (κ2) is 8.88. The number of primary amides is 1. The summed E-state index contributed by atoms with van der Waals surface area (Å²) in [7, 11) is 0. The predicted molar refractivity (Wildman–Crippen MR) is 124 cm³/mol. The van der Waals surface area contributed by atoms with Crippen LogP contribution in [0.1, 0.15) is 46.7 Å². The maximum Gasteiger partial charge on any atom is 0.248 e. The van der Waals surface area contributed by atoms with E-state index in [0.29, 0.717) is 11.5 Å². The van der Waals surface area contributed by atoms with Crippen LogP contribution in [0.2, 0.25) is 0 Å². The fourth-order valence-corrected chi connectivity index (χ4v) is 4.69. The molecule has 2 fully saturated rings. The van der Waals surface area contributed by atoms with Gasteiger partial charge in [-0.3, -0.25) is 14.1 Å². The van der Waals surface area contributed by atoms with Crippen LogP contribution in [0.5, 0.6) is 0 Å². The Morgan fingerprint density at radius 1 is 1.25 bits per heavy atom. The van der Waals surface area contributed by atoms with Crippen molar-refractivity contribution >= 4 is 17.4 Å². The summed E-state index contributed by atoms with van der Waals surface area (Å²) < 4.78 is 7.50. The first kappa shape index (κ1) is 20.9. The summed E-state index contributed by atoms with van der Waals surface area (Å²) in [6.07, 6.45) is 8.99. The zero-order valence-electron chi connectivity index (χ0n) is 18.5. The molecule has 1 aliphatic heterocycles. The lowest BCUT2D eigenvalue weighted by Crippen LogP contribution is -2.37. The number of carbonyl (C=O) groups excluding carboxylic acids is 1. The fraction of sp³-hybridized carbons (Fsp3) is 0.458. The first-order valence-electron chi connectivity index (χ1n) is 11.4. The van der Waals surface area contributed by atoms with Crippen LogP contribution < -0.4 is 11.1 Å². The number of benzene rings is 1. The van der Waals surface area contributed by atoms with E-state index in [1.165, 1.54) is 5.56 Å². The van der Waals surface area contributed by atoms with Crippen molar-refractivity contribution in [1.82, 2.24) is 19.3 Å². The third-order valence-electron chi connectivity index (χ3n) is 6.52. The van der Waals surface area contributed by atoms with Crippen LogP contribution >= 0.6 is 0 Å². The average Bonchev–Trinajstić information content (AvgIpc) is 3.54. The molecular weight excluding hydrogens is 404 g/mol. The Bertz CT molecular complexity index is 1130. The normalized spacial score (nSPS) is 17.0. The minimum Gasteiger partial charge on any atom is -0.379 e. The van der Waals surface area contributed by atoms with Crippen LogP contribution in [0.3, 0.4) is 0 Å². The molecule has 1 saturated heterocycles.